The first-order valence-corrected chi connectivity index (χ1v) is 5.98. The van der Waals surface area contributed by atoms with Gasteiger partial charge in [0, 0.05) is 19.4 Å². The van der Waals surface area contributed by atoms with E-state index >= 15 is 0 Å². The number of Topliss-reactive ketones (excluding diaryl/α,β-unsaturated/α-hetero) is 1. The van der Waals surface area contributed by atoms with Crippen LogP contribution >= 0.6 is 0 Å². The normalized spacial score (nSPS) is 10.6. The molecule has 0 bridgehead atoms. The predicted octanol–water partition coefficient (Wildman–Crippen LogP) is 0.913. The van der Waals surface area contributed by atoms with Crippen molar-refractivity contribution in [3.8, 4) is 0 Å². The fourth-order valence-corrected chi connectivity index (χ4v) is 1.06. The van der Waals surface area contributed by atoms with Crippen molar-refractivity contribution < 1.29 is 19.1 Å². The van der Waals surface area contributed by atoms with E-state index in [9.17, 15) is 9.59 Å². The SMILES string of the molecule is CC(=O)CCOCCC(=O)NCCOC(C)C. The van der Waals surface area contributed by atoms with E-state index in [0.29, 0.717) is 39.2 Å². The summed E-state index contributed by atoms with van der Waals surface area (Å²) < 4.78 is 10.4. The molecule has 17 heavy (non-hydrogen) atoms. The summed E-state index contributed by atoms with van der Waals surface area (Å²) in [4.78, 5) is 21.9. The molecular weight excluding hydrogens is 222 g/mol. The van der Waals surface area contributed by atoms with E-state index in [1.807, 2.05) is 13.8 Å². The largest absolute Gasteiger partial charge is 0.380 e. The van der Waals surface area contributed by atoms with Crippen LogP contribution in [0.2, 0.25) is 0 Å². The number of ketones is 1. The molecule has 0 saturated heterocycles. The second kappa shape index (κ2) is 10.2. The molecule has 0 aliphatic heterocycles. The third-order valence-electron chi connectivity index (χ3n) is 1.95. The highest BCUT2D eigenvalue weighted by Crippen LogP contribution is 1.89. The number of amides is 1. The average molecular weight is 245 g/mol. The van der Waals surface area contributed by atoms with Gasteiger partial charge < -0.3 is 14.8 Å². The minimum Gasteiger partial charge on any atom is -0.380 e. The Balaban J connectivity index is 3.26. The van der Waals surface area contributed by atoms with Gasteiger partial charge in [0.2, 0.25) is 5.91 Å². The monoisotopic (exact) mass is 245 g/mol. The van der Waals surface area contributed by atoms with E-state index in [0.717, 1.165) is 0 Å². The summed E-state index contributed by atoms with van der Waals surface area (Å²) in [7, 11) is 0. The van der Waals surface area contributed by atoms with Crippen molar-refractivity contribution in [2.45, 2.75) is 39.7 Å². The van der Waals surface area contributed by atoms with Gasteiger partial charge in [0.05, 0.1) is 25.9 Å². The van der Waals surface area contributed by atoms with E-state index in [2.05, 4.69) is 5.32 Å². The molecule has 0 saturated carbocycles. The smallest absolute Gasteiger partial charge is 0.222 e. The fourth-order valence-electron chi connectivity index (χ4n) is 1.06. The first-order valence-electron chi connectivity index (χ1n) is 5.98. The van der Waals surface area contributed by atoms with Crippen LogP contribution in [0.25, 0.3) is 0 Å². The lowest BCUT2D eigenvalue weighted by Crippen LogP contribution is -2.28. The zero-order valence-electron chi connectivity index (χ0n) is 11.0. The molecule has 0 aromatic rings. The lowest BCUT2D eigenvalue weighted by atomic mass is 10.3. The zero-order valence-corrected chi connectivity index (χ0v) is 11.0. The number of hydrogen-bond acceptors (Lipinski definition) is 4. The number of ether oxygens (including phenoxy) is 2. The van der Waals surface area contributed by atoms with Gasteiger partial charge in [-0.3, -0.25) is 9.59 Å². The summed E-state index contributed by atoms with van der Waals surface area (Å²) in [6, 6.07) is 0. The Morgan fingerprint density at radius 2 is 1.76 bits per heavy atom. The van der Waals surface area contributed by atoms with Crippen LogP contribution in [-0.4, -0.2) is 44.2 Å². The van der Waals surface area contributed by atoms with E-state index in [-0.39, 0.29) is 17.8 Å². The molecule has 0 heterocycles. The van der Waals surface area contributed by atoms with E-state index < -0.39 is 0 Å². The summed E-state index contributed by atoms with van der Waals surface area (Å²) >= 11 is 0. The van der Waals surface area contributed by atoms with E-state index in [4.69, 9.17) is 9.47 Å². The van der Waals surface area contributed by atoms with Gasteiger partial charge in [0.15, 0.2) is 0 Å². The molecule has 1 N–H and O–H groups in total. The van der Waals surface area contributed by atoms with Gasteiger partial charge in [-0.25, -0.2) is 0 Å². The third-order valence-corrected chi connectivity index (χ3v) is 1.95. The molecule has 5 nitrogen and oxygen atoms in total. The van der Waals surface area contributed by atoms with E-state index in [1.165, 1.54) is 6.92 Å². The van der Waals surface area contributed by atoms with Crippen LogP contribution in [0.15, 0.2) is 0 Å². The summed E-state index contributed by atoms with van der Waals surface area (Å²) in [6.07, 6.45) is 0.908. The van der Waals surface area contributed by atoms with E-state index in [1.54, 1.807) is 0 Å². The minimum atomic E-state index is -0.0554. The van der Waals surface area contributed by atoms with Crippen molar-refractivity contribution in [3.63, 3.8) is 0 Å². The highest BCUT2D eigenvalue weighted by atomic mass is 16.5. The molecule has 0 unspecified atom stereocenters. The van der Waals surface area contributed by atoms with Gasteiger partial charge in [0.25, 0.3) is 0 Å². The minimum absolute atomic E-state index is 0.0554. The van der Waals surface area contributed by atoms with Gasteiger partial charge >= 0.3 is 0 Å². The van der Waals surface area contributed by atoms with Gasteiger partial charge in [0.1, 0.15) is 5.78 Å². The number of rotatable bonds is 10. The highest BCUT2D eigenvalue weighted by molar-refractivity contribution is 5.76. The average Bonchev–Trinajstić information content (AvgIpc) is 2.23. The Kier molecular flexibility index (Phi) is 9.66. The maximum Gasteiger partial charge on any atom is 0.222 e. The second-order valence-electron chi connectivity index (χ2n) is 4.08. The zero-order chi connectivity index (χ0) is 13.1. The van der Waals surface area contributed by atoms with Crippen LogP contribution in [0.1, 0.15) is 33.6 Å². The van der Waals surface area contributed by atoms with Crippen molar-refractivity contribution in [1.82, 2.24) is 5.32 Å². The van der Waals surface area contributed by atoms with Crippen molar-refractivity contribution in [1.29, 1.82) is 0 Å². The van der Waals surface area contributed by atoms with Crippen LogP contribution in [0.3, 0.4) is 0 Å². The summed E-state index contributed by atoms with van der Waals surface area (Å²) in [5.41, 5.74) is 0. The molecule has 0 atom stereocenters. The summed E-state index contributed by atoms with van der Waals surface area (Å²) in [5.74, 6) is 0.0421. The number of carbonyl (C=O) groups excluding carboxylic acids is 2. The molecule has 0 aromatic carbocycles. The molecular formula is C12H23NO4. The van der Waals surface area contributed by atoms with Gasteiger partial charge in [-0.05, 0) is 20.8 Å². The summed E-state index contributed by atoms with van der Waals surface area (Å²) in [5, 5.41) is 2.73. The number of nitrogens with one attached hydrogen (secondary N) is 1. The molecule has 0 spiro atoms. The molecule has 0 fully saturated rings. The van der Waals surface area contributed by atoms with Crippen molar-refractivity contribution in [3.05, 3.63) is 0 Å². The Morgan fingerprint density at radius 1 is 1.12 bits per heavy atom. The van der Waals surface area contributed by atoms with Gasteiger partial charge in [-0.2, -0.15) is 0 Å². The third kappa shape index (κ3) is 13.0. The molecule has 0 aliphatic carbocycles. The molecule has 1 amide bonds. The molecule has 0 radical (unpaired) electrons. The van der Waals surface area contributed by atoms with Gasteiger partial charge in [-0.1, -0.05) is 0 Å². The van der Waals surface area contributed by atoms with Crippen LogP contribution < -0.4 is 5.32 Å². The topological polar surface area (TPSA) is 64.6 Å². The van der Waals surface area contributed by atoms with Crippen LogP contribution in [0.5, 0.6) is 0 Å². The first-order chi connectivity index (χ1) is 8.02. The Hall–Kier alpha value is -0.940. The Labute approximate surface area is 103 Å². The molecule has 100 valence electrons. The second-order valence-corrected chi connectivity index (χ2v) is 4.08. The van der Waals surface area contributed by atoms with Crippen LogP contribution in [0.4, 0.5) is 0 Å². The van der Waals surface area contributed by atoms with Crippen LogP contribution in [-0.2, 0) is 19.1 Å². The number of carbonyl (C=O) groups is 2. The molecule has 0 aliphatic rings. The molecule has 5 heteroatoms. The Morgan fingerprint density at radius 3 is 2.35 bits per heavy atom. The predicted molar refractivity (Wildman–Crippen MR) is 64.8 cm³/mol. The molecule has 0 rings (SSSR count). The standard InChI is InChI=1S/C12H23NO4/c1-10(2)17-9-6-13-12(15)5-8-16-7-4-11(3)14/h10H,4-9H2,1-3H3,(H,13,15). The van der Waals surface area contributed by atoms with Crippen molar-refractivity contribution in [2.75, 3.05) is 26.4 Å². The quantitative estimate of drug-likeness (QED) is 0.581. The van der Waals surface area contributed by atoms with Gasteiger partial charge in [-0.15, -0.1) is 0 Å². The lowest BCUT2D eigenvalue weighted by Gasteiger charge is -2.08. The van der Waals surface area contributed by atoms with Crippen molar-refractivity contribution in [2.24, 2.45) is 0 Å². The fraction of sp³-hybridized carbons (Fsp3) is 0.833. The lowest BCUT2D eigenvalue weighted by molar-refractivity contribution is -0.122. The van der Waals surface area contributed by atoms with Crippen LogP contribution in [0, 0.1) is 0 Å². The summed E-state index contributed by atoms with van der Waals surface area (Å²) in [6.45, 7) is 7.20. The molecule has 0 aromatic heterocycles. The maximum atomic E-state index is 11.3. The highest BCUT2D eigenvalue weighted by Gasteiger charge is 2.01. The maximum absolute atomic E-state index is 11.3. The van der Waals surface area contributed by atoms with Crippen molar-refractivity contribution >= 4 is 11.7 Å². The first kappa shape index (κ1) is 16.1. The number of hydrogen-bond donors (Lipinski definition) is 1. The Bertz CT molecular complexity index is 229.